The molecule has 0 rings (SSSR count). The normalized spacial score (nSPS) is 11.5. The maximum absolute atomic E-state index is 7.25. The van der Waals surface area contributed by atoms with Crippen molar-refractivity contribution in [3.63, 3.8) is 0 Å². The van der Waals surface area contributed by atoms with Gasteiger partial charge in [-0.25, -0.2) is 0 Å². The smallest absolute Gasteiger partial charge is 0.123 e. The first-order valence-corrected chi connectivity index (χ1v) is 3.52. The molecule has 0 saturated heterocycles. The number of hydrogen-bond donors (Lipinski definition) is 2. The summed E-state index contributed by atoms with van der Waals surface area (Å²) in [5.41, 5.74) is 4.85. The molecule has 0 aromatic rings. The monoisotopic (exact) mass is 144 g/mol. The van der Waals surface area contributed by atoms with Crippen LogP contribution in [-0.4, -0.2) is 18.5 Å². The molecule has 3 N–H and O–H groups in total. The van der Waals surface area contributed by atoms with E-state index in [0.29, 0.717) is 0 Å². The fourth-order valence-electron chi connectivity index (χ4n) is 1.03. The molecule has 0 aromatic carbocycles. The minimum absolute atomic E-state index is 0.125. The number of nitrogens with two attached hydrogens (primary N) is 1. The highest BCUT2D eigenvalue weighted by Crippen LogP contribution is 2.18. The third-order valence-electron chi connectivity index (χ3n) is 2.02. The number of amidine groups is 1. The van der Waals surface area contributed by atoms with Crippen LogP contribution in [0.2, 0.25) is 0 Å². The van der Waals surface area contributed by atoms with Crippen LogP contribution in [0.15, 0.2) is 0 Å². The Bertz CT molecular complexity index is 111. The molecule has 0 aliphatic heterocycles. The average Bonchev–Trinajstić information content (AvgIpc) is 1.92. The molecule has 60 valence electrons. The highest BCUT2D eigenvalue weighted by molar-refractivity contribution is 5.86. The molecule has 0 amide bonds. The van der Waals surface area contributed by atoms with Crippen LogP contribution >= 0.6 is 0 Å². The van der Waals surface area contributed by atoms with E-state index < -0.39 is 5.60 Å². The van der Waals surface area contributed by atoms with Crippen LogP contribution in [-0.2, 0) is 4.74 Å². The number of ether oxygens (including phenoxy) is 1. The van der Waals surface area contributed by atoms with Crippen molar-refractivity contribution < 1.29 is 4.74 Å². The summed E-state index contributed by atoms with van der Waals surface area (Å²) in [6.45, 7) is 3.93. The van der Waals surface area contributed by atoms with Crippen LogP contribution < -0.4 is 5.73 Å². The molecular weight excluding hydrogens is 128 g/mol. The standard InChI is InChI=1S/C7H16N2O/c1-4-7(5-2,10-3)6(8)9/h4-5H2,1-3H3,(H3,8,9). The molecule has 0 spiro atoms. The van der Waals surface area contributed by atoms with Gasteiger partial charge in [-0.2, -0.15) is 0 Å². The van der Waals surface area contributed by atoms with E-state index in [4.69, 9.17) is 15.9 Å². The van der Waals surface area contributed by atoms with Gasteiger partial charge < -0.3 is 10.5 Å². The van der Waals surface area contributed by atoms with E-state index in [1.165, 1.54) is 0 Å². The van der Waals surface area contributed by atoms with Gasteiger partial charge in [0.05, 0.1) is 0 Å². The third-order valence-corrected chi connectivity index (χ3v) is 2.02. The van der Waals surface area contributed by atoms with Crippen LogP contribution in [0.25, 0.3) is 0 Å². The Morgan fingerprint density at radius 1 is 1.50 bits per heavy atom. The fraction of sp³-hybridized carbons (Fsp3) is 0.857. The van der Waals surface area contributed by atoms with Gasteiger partial charge in [0.15, 0.2) is 0 Å². The molecule has 0 atom stereocenters. The topological polar surface area (TPSA) is 59.1 Å². The summed E-state index contributed by atoms with van der Waals surface area (Å²) in [7, 11) is 1.59. The summed E-state index contributed by atoms with van der Waals surface area (Å²) < 4.78 is 5.15. The summed E-state index contributed by atoms with van der Waals surface area (Å²) in [6.07, 6.45) is 1.52. The molecule has 0 aliphatic carbocycles. The quantitative estimate of drug-likeness (QED) is 0.459. The third kappa shape index (κ3) is 1.48. The Labute approximate surface area is 62.1 Å². The molecule has 0 saturated carbocycles. The lowest BCUT2D eigenvalue weighted by atomic mass is 9.96. The highest BCUT2D eigenvalue weighted by atomic mass is 16.5. The lowest BCUT2D eigenvalue weighted by Crippen LogP contribution is -2.43. The molecule has 0 heterocycles. The predicted octanol–water partition coefficient (Wildman–Crippen LogP) is 1.13. The summed E-state index contributed by atoms with van der Waals surface area (Å²) >= 11 is 0. The van der Waals surface area contributed by atoms with Crippen molar-refractivity contribution in [1.82, 2.24) is 0 Å². The van der Waals surface area contributed by atoms with Crippen LogP contribution in [0.3, 0.4) is 0 Å². The van der Waals surface area contributed by atoms with Crippen LogP contribution in [0.1, 0.15) is 26.7 Å². The Hall–Kier alpha value is -0.570. The van der Waals surface area contributed by atoms with E-state index >= 15 is 0 Å². The first-order chi connectivity index (χ1) is 4.63. The van der Waals surface area contributed by atoms with Gasteiger partial charge in [-0.3, -0.25) is 5.41 Å². The molecule has 3 nitrogen and oxygen atoms in total. The zero-order chi connectivity index (χ0) is 8.20. The van der Waals surface area contributed by atoms with E-state index in [9.17, 15) is 0 Å². The van der Waals surface area contributed by atoms with Crippen LogP contribution in [0, 0.1) is 5.41 Å². The van der Waals surface area contributed by atoms with Gasteiger partial charge >= 0.3 is 0 Å². The molecular formula is C7H16N2O. The van der Waals surface area contributed by atoms with Crippen LogP contribution in [0.4, 0.5) is 0 Å². The summed E-state index contributed by atoms with van der Waals surface area (Å²) in [5, 5.41) is 7.25. The van der Waals surface area contributed by atoms with Crippen LogP contribution in [0.5, 0.6) is 0 Å². The maximum atomic E-state index is 7.25. The zero-order valence-electron chi connectivity index (χ0n) is 6.90. The number of methoxy groups -OCH3 is 1. The Morgan fingerprint density at radius 2 is 1.90 bits per heavy atom. The second-order valence-corrected chi connectivity index (χ2v) is 2.32. The van der Waals surface area contributed by atoms with Gasteiger partial charge in [0.25, 0.3) is 0 Å². The summed E-state index contributed by atoms with van der Waals surface area (Å²) in [5.74, 6) is 0.125. The van der Waals surface area contributed by atoms with Gasteiger partial charge in [0.1, 0.15) is 11.4 Å². The Kier molecular flexibility index (Phi) is 3.36. The lowest BCUT2D eigenvalue weighted by molar-refractivity contribution is 0.0418. The van der Waals surface area contributed by atoms with Crippen molar-refractivity contribution in [3.05, 3.63) is 0 Å². The largest absolute Gasteiger partial charge is 0.385 e. The van der Waals surface area contributed by atoms with Gasteiger partial charge in [-0.1, -0.05) is 13.8 Å². The molecule has 0 radical (unpaired) electrons. The van der Waals surface area contributed by atoms with E-state index in [2.05, 4.69) is 0 Å². The minimum Gasteiger partial charge on any atom is -0.385 e. The summed E-state index contributed by atoms with van der Waals surface area (Å²) in [4.78, 5) is 0. The van der Waals surface area contributed by atoms with E-state index in [1.54, 1.807) is 7.11 Å². The Morgan fingerprint density at radius 3 is 1.90 bits per heavy atom. The molecule has 10 heavy (non-hydrogen) atoms. The van der Waals surface area contributed by atoms with Crippen molar-refractivity contribution in [3.8, 4) is 0 Å². The van der Waals surface area contributed by atoms with Crippen molar-refractivity contribution in [1.29, 1.82) is 5.41 Å². The minimum atomic E-state index is -0.514. The van der Waals surface area contributed by atoms with Gasteiger partial charge in [-0.15, -0.1) is 0 Å². The lowest BCUT2D eigenvalue weighted by Gasteiger charge is -2.28. The molecule has 0 aromatic heterocycles. The van der Waals surface area contributed by atoms with Gasteiger partial charge in [0.2, 0.25) is 0 Å². The predicted molar refractivity (Wildman–Crippen MR) is 42.2 cm³/mol. The van der Waals surface area contributed by atoms with Crippen molar-refractivity contribution in [2.24, 2.45) is 5.73 Å². The summed E-state index contributed by atoms with van der Waals surface area (Å²) in [6, 6.07) is 0. The number of hydrogen-bond acceptors (Lipinski definition) is 2. The fourth-order valence-corrected chi connectivity index (χ4v) is 1.03. The second kappa shape index (κ2) is 3.56. The average molecular weight is 144 g/mol. The first-order valence-electron chi connectivity index (χ1n) is 3.52. The van der Waals surface area contributed by atoms with Crippen molar-refractivity contribution in [2.45, 2.75) is 32.3 Å². The van der Waals surface area contributed by atoms with E-state index in [0.717, 1.165) is 12.8 Å². The molecule has 0 unspecified atom stereocenters. The van der Waals surface area contributed by atoms with Gasteiger partial charge in [0, 0.05) is 7.11 Å². The SMILES string of the molecule is CCC(CC)(OC)C(=N)N. The molecule has 0 fully saturated rings. The van der Waals surface area contributed by atoms with E-state index in [-0.39, 0.29) is 5.84 Å². The van der Waals surface area contributed by atoms with Crippen molar-refractivity contribution >= 4 is 5.84 Å². The van der Waals surface area contributed by atoms with Gasteiger partial charge in [-0.05, 0) is 12.8 Å². The second-order valence-electron chi connectivity index (χ2n) is 2.32. The van der Waals surface area contributed by atoms with Crippen molar-refractivity contribution in [2.75, 3.05) is 7.11 Å². The number of nitrogens with one attached hydrogen (secondary N) is 1. The number of rotatable bonds is 4. The van der Waals surface area contributed by atoms with E-state index in [1.807, 2.05) is 13.8 Å². The zero-order valence-corrected chi connectivity index (χ0v) is 6.90. The first kappa shape index (κ1) is 9.43. The highest BCUT2D eigenvalue weighted by Gasteiger charge is 2.28. The molecule has 3 heteroatoms. The molecule has 0 aliphatic rings. The maximum Gasteiger partial charge on any atom is 0.123 e. The molecule has 0 bridgehead atoms. The Balaban J connectivity index is 4.31.